The van der Waals surface area contributed by atoms with Crippen LogP contribution in [-0.4, -0.2) is 26.5 Å². The van der Waals surface area contributed by atoms with Crippen LogP contribution in [0.2, 0.25) is 5.02 Å². The van der Waals surface area contributed by atoms with E-state index in [-0.39, 0.29) is 0 Å². The summed E-state index contributed by atoms with van der Waals surface area (Å²) in [6, 6.07) is 7.37. The Balaban J connectivity index is 1.90. The highest BCUT2D eigenvalue weighted by molar-refractivity contribution is 6.32. The summed E-state index contributed by atoms with van der Waals surface area (Å²) < 4.78 is 5.58. The molecule has 0 aliphatic rings. The SMILES string of the molecule is CC(C)COCc1ncc2ccc(-c3ncccc3Cl)nc2n1. The summed E-state index contributed by atoms with van der Waals surface area (Å²) in [5, 5.41) is 1.43. The van der Waals surface area contributed by atoms with Crippen molar-refractivity contribution in [2.24, 2.45) is 5.92 Å². The van der Waals surface area contributed by atoms with Crippen molar-refractivity contribution < 1.29 is 4.74 Å². The lowest BCUT2D eigenvalue weighted by Gasteiger charge is -2.07. The molecule has 6 heteroatoms. The van der Waals surface area contributed by atoms with E-state index in [2.05, 4.69) is 33.8 Å². The molecule has 0 aliphatic carbocycles. The zero-order chi connectivity index (χ0) is 16.2. The number of hydrogen-bond donors (Lipinski definition) is 0. The van der Waals surface area contributed by atoms with Gasteiger partial charge in [-0.15, -0.1) is 0 Å². The van der Waals surface area contributed by atoms with Crippen molar-refractivity contribution in [3.8, 4) is 11.4 Å². The van der Waals surface area contributed by atoms with Gasteiger partial charge < -0.3 is 4.74 Å². The fourth-order valence-corrected chi connectivity index (χ4v) is 2.32. The van der Waals surface area contributed by atoms with E-state index < -0.39 is 0 Å². The summed E-state index contributed by atoms with van der Waals surface area (Å²) in [5.74, 6) is 1.10. The standard InChI is InChI=1S/C17H17ClN4O/c1-11(2)9-23-10-15-20-8-12-5-6-14(21-17(12)22-15)16-13(18)4-3-7-19-16/h3-8,11H,9-10H2,1-2H3. The third-order valence-electron chi connectivity index (χ3n) is 3.18. The van der Waals surface area contributed by atoms with Gasteiger partial charge in [0.05, 0.1) is 10.7 Å². The van der Waals surface area contributed by atoms with Crippen molar-refractivity contribution in [1.29, 1.82) is 0 Å². The van der Waals surface area contributed by atoms with Gasteiger partial charge in [0.2, 0.25) is 0 Å². The maximum atomic E-state index is 6.18. The Morgan fingerprint density at radius 1 is 1.13 bits per heavy atom. The van der Waals surface area contributed by atoms with E-state index in [0.717, 1.165) is 5.39 Å². The molecule has 0 atom stereocenters. The molecule has 3 rings (SSSR count). The highest BCUT2D eigenvalue weighted by Gasteiger charge is 2.09. The predicted octanol–water partition coefficient (Wildman–Crippen LogP) is 3.91. The summed E-state index contributed by atoms with van der Waals surface area (Å²) in [7, 11) is 0. The van der Waals surface area contributed by atoms with Crippen molar-refractivity contribution in [2.75, 3.05) is 6.61 Å². The number of pyridine rings is 2. The van der Waals surface area contributed by atoms with Crippen LogP contribution >= 0.6 is 11.6 Å². The topological polar surface area (TPSA) is 60.8 Å². The lowest BCUT2D eigenvalue weighted by molar-refractivity contribution is 0.0925. The molecule has 0 radical (unpaired) electrons. The molecule has 0 saturated heterocycles. The van der Waals surface area contributed by atoms with Gasteiger partial charge in [-0.05, 0) is 30.2 Å². The van der Waals surface area contributed by atoms with Gasteiger partial charge in [0.15, 0.2) is 11.5 Å². The zero-order valence-electron chi connectivity index (χ0n) is 13.0. The molecule has 23 heavy (non-hydrogen) atoms. The third-order valence-corrected chi connectivity index (χ3v) is 3.48. The molecular formula is C17H17ClN4O. The summed E-state index contributed by atoms with van der Waals surface area (Å²) in [6.45, 7) is 5.26. The first kappa shape index (κ1) is 15.8. The second kappa shape index (κ2) is 6.98. The van der Waals surface area contributed by atoms with Crippen molar-refractivity contribution in [3.05, 3.63) is 47.5 Å². The molecule has 3 heterocycles. The maximum Gasteiger partial charge on any atom is 0.163 e. The van der Waals surface area contributed by atoms with Crippen molar-refractivity contribution in [3.63, 3.8) is 0 Å². The van der Waals surface area contributed by atoms with Gasteiger partial charge >= 0.3 is 0 Å². The number of hydrogen-bond acceptors (Lipinski definition) is 5. The molecule has 0 N–H and O–H groups in total. The Hall–Kier alpha value is -2.11. The lowest BCUT2D eigenvalue weighted by Crippen LogP contribution is -2.05. The van der Waals surface area contributed by atoms with E-state index >= 15 is 0 Å². The molecule has 0 unspecified atom stereocenters. The first-order valence-electron chi connectivity index (χ1n) is 7.45. The third kappa shape index (κ3) is 3.81. The molecule has 0 saturated carbocycles. The highest BCUT2D eigenvalue weighted by atomic mass is 35.5. The van der Waals surface area contributed by atoms with Gasteiger partial charge in [-0.25, -0.2) is 15.0 Å². The van der Waals surface area contributed by atoms with Crippen molar-refractivity contribution >= 4 is 22.6 Å². The van der Waals surface area contributed by atoms with Gasteiger partial charge in [-0.3, -0.25) is 4.98 Å². The summed E-state index contributed by atoms with van der Waals surface area (Å²) in [5.41, 5.74) is 1.95. The molecule has 0 amide bonds. The quantitative estimate of drug-likeness (QED) is 0.710. The fraction of sp³-hybridized carbons (Fsp3) is 0.294. The number of ether oxygens (including phenoxy) is 1. The van der Waals surface area contributed by atoms with E-state index in [1.807, 2.05) is 12.1 Å². The lowest BCUT2D eigenvalue weighted by atomic mass is 10.2. The van der Waals surface area contributed by atoms with Crippen molar-refractivity contribution in [2.45, 2.75) is 20.5 Å². The molecule has 118 valence electrons. The van der Waals surface area contributed by atoms with E-state index in [4.69, 9.17) is 16.3 Å². The monoisotopic (exact) mass is 328 g/mol. The first-order chi connectivity index (χ1) is 11.1. The van der Waals surface area contributed by atoms with Crippen LogP contribution in [0.5, 0.6) is 0 Å². The van der Waals surface area contributed by atoms with Crippen LogP contribution in [0.15, 0.2) is 36.7 Å². The molecule has 3 aromatic rings. The zero-order valence-corrected chi connectivity index (χ0v) is 13.8. The van der Waals surface area contributed by atoms with Crippen LogP contribution < -0.4 is 0 Å². The van der Waals surface area contributed by atoms with Gasteiger partial charge in [-0.2, -0.15) is 0 Å². The number of fused-ring (bicyclic) bond motifs is 1. The largest absolute Gasteiger partial charge is 0.373 e. The van der Waals surface area contributed by atoms with Gasteiger partial charge in [0, 0.05) is 24.4 Å². The van der Waals surface area contributed by atoms with Gasteiger partial charge in [-0.1, -0.05) is 25.4 Å². The number of nitrogens with zero attached hydrogens (tertiary/aromatic N) is 4. The van der Waals surface area contributed by atoms with Gasteiger partial charge in [0.25, 0.3) is 0 Å². The normalized spacial score (nSPS) is 11.3. The number of halogens is 1. The van der Waals surface area contributed by atoms with E-state index in [0.29, 0.717) is 47.0 Å². The van der Waals surface area contributed by atoms with Crippen LogP contribution in [0.1, 0.15) is 19.7 Å². The first-order valence-corrected chi connectivity index (χ1v) is 7.82. The molecular weight excluding hydrogens is 312 g/mol. The summed E-state index contributed by atoms with van der Waals surface area (Å²) in [4.78, 5) is 17.6. The summed E-state index contributed by atoms with van der Waals surface area (Å²) >= 11 is 6.18. The Morgan fingerprint density at radius 2 is 2.00 bits per heavy atom. The van der Waals surface area contributed by atoms with Crippen LogP contribution in [0.25, 0.3) is 22.4 Å². The van der Waals surface area contributed by atoms with Crippen LogP contribution in [0, 0.1) is 5.92 Å². The van der Waals surface area contributed by atoms with Gasteiger partial charge in [0.1, 0.15) is 12.3 Å². The fourth-order valence-electron chi connectivity index (χ4n) is 2.11. The molecule has 0 fully saturated rings. The minimum absolute atomic E-state index is 0.379. The smallest absolute Gasteiger partial charge is 0.163 e. The van der Waals surface area contributed by atoms with E-state index in [1.165, 1.54) is 0 Å². The predicted molar refractivity (Wildman–Crippen MR) is 90.1 cm³/mol. The van der Waals surface area contributed by atoms with E-state index in [9.17, 15) is 0 Å². The molecule has 5 nitrogen and oxygen atoms in total. The number of rotatable bonds is 5. The van der Waals surface area contributed by atoms with Crippen LogP contribution in [0.4, 0.5) is 0 Å². The molecule has 3 aromatic heterocycles. The Labute approximate surface area is 139 Å². The minimum atomic E-state index is 0.379. The second-order valence-electron chi connectivity index (χ2n) is 5.64. The van der Waals surface area contributed by atoms with Crippen LogP contribution in [-0.2, 0) is 11.3 Å². The second-order valence-corrected chi connectivity index (χ2v) is 6.05. The Morgan fingerprint density at radius 3 is 2.78 bits per heavy atom. The average Bonchev–Trinajstić information content (AvgIpc) is 2.54. The number of aromatic nitrogens is 4. The minimum Gasteiger partial charge on any atom is -0.373 e. The molecule has 0 aliphatic heterocycles. The van der Waals surface area contributed by atoms with Crippen LogP contribution in [0.3, 0.4) is 0 Å². The maximum absolute atomic E-state index is 6.18. The Kier molecular flexibility index (Phi) is 4.79. The van der Waals surface area contributed by atoms with Crippen molar-refractivity contribution in [1.82, 2.24) is 19.9 Å². The molecule has 0 bridgehead atoms. The highest BCUT2D eigenvalue weighted by Crippen LogP contribution is 2.24. The molecule has 0 spiro atoms. The molecule has 0 aromatic carbocycles. The average molecular weight is 329 g/mol. The summed E-state index contributed by atoms with van der Waals surface area (Å²) in [6.07, 6.45) is 3.45. The van der Waals surface area contributed by atoms with E-state index in [1.54, 1.807) is 24.5 Å². The Bertz CT molecular complexity index is 823.